The molecule has 3 aromatic rings. The van der Waals surface area contributed by atoms with Crippen molar-refractivity contribution in [3.05, 3.63) is 70.7 Å². The molecule has 1 aliphatic rings. The second kappa shape index (κ2) is 8.54. The van der Waals surface area contributed by atoms with Crippen LogP contribution < -0.4 is 10.1 Å². The Hall–Kier alpha value is -3.39. The van der Waals surface area contributed by atoms with Crippen molar-refractivity contribution in [1.82, 2.24) is 10.3 Å². The Bertz CT molecular complexity index is 1040. The SMILES string of the molecule is COc1ncc(C(CC(=O)O)NC(=O)OCC2c3ccccc3-c3ccccc32)s1. The molecule has 0 radical (unpaired) electrons. The highest BCUT2D eigenvalue weighted by Gasteiger charge is 2.29. The first-order valence-corrected chi connectivity index (χ1v) is 10.2. The van der Waals surface area contributed by atoms with E-state index in [4.69, 9.17) is 9.47 Å². The molecule has 0 fully saturated rings. The number of nitrogens with one attached hydrogen (secondary N) is 1. The molecule has 1 heterocycles. The monoisotopic (exact) mass is 424 g/mol. The van der Waals surface area contributed by atoms with E-state index in [1.165, 1.54) is 24.6 Å². The summed E-state index contributed by atoms with van der Waals surface area (Å²) in [5.74, 6) is -1.10. The van der Waals surface area contributed by atoms with Crippen LogP contribution in [0.1, 0.15) is 34.4 Å². The van der Waals surface area contributed by atoms with Gasteiger partial charge in [0.2, 0.25) is 0 Å². The summed E-state index contributed by atoms with van der Waals surface area (Å²) < 4.78 is 10.6. The van der Waals surface area contributed by atoms with Crippen molar-refractivity contribution in [1.29, 1.82) is 0 Å². The van der Waals surface area contributed by atoms with Gasteiger partial charge in [-0.2, -0.15) is 0 Å². The Labute approximate surface area is 177 Å². The molecule has 1 amide bonds. The van der Waals surface area contributed by atoms with Gasteiger partial charge in [-0.05, 0) is 22.3 Å². The summed E-state index contributed by atoms with van der Waals surface area (Å²) >= 11 is 1.18. The zero-order valence-electron chi connectivity index (χ0n) is 16.2. The Kier molecular flexibility index (Phi) is 5.67. The fraction of sp³-hybridized carbons (Fsp3) is 0.227. The normalized spacial score (nSPS) is 13.2. The lowest BCUT2D eigenvalue weighted by molar-refractivity contribution is -0.137. The lowest BCUT2D eigenvalue weighted by Gasteiger charge is -2.18. The van der Waals surface area contributed by atoms with Gasteiger partial charge < -0.3 is 19.9 Å². The average molecular weight is 424 g/mol. The van der Waals surface area contributed by atoms with Crippen molar-refractivity contribution in [2.75, 3.05) is 13.7 Å². The van der Waals surface area contributed by atoms with Crippen LogP contribution in [-0.2, 0) is 9.53 Å². The number of hydrogen-bond donors (Lipinski definition) is 2. The number of benzene rings is 2. The number of hydrogen-bond acceptors (Lipinski definition) is 6. The van der Waals surface area contributed by atoms with E-state index < -0.39 is 18.1 Å². The molecule has 0 spiro atoms. The summed E-state index contributed by atoms with van der Waals surface area (Å²) in [4.78, 5) is 28.4. The Morgan fingerprint density at radius 2 is 1.77 bits per heavy atom. The largest absolute Gasteiger partial charge is 0.481 e. The Balaban J connectivity index is 1.47. The number of amides is 1. The number of alkyl carbamates (subject to hydrolysis) is 1. The van der Waals surface area contributed by atoms with Crippen LogP contribution in [0, 0.1) is 0 Å². The number of ether oxygens (including phenoxy) is 2. The lowest BCUT2D eigenvalue weighted by Crippen LogP contribution is -2.31. The second-order valence-electron chi connectivity index (χ2n) is 6.85. The van der Waals surface area contributed by atoms with Crippen LogP contribution in [-0.4, -0.2) is 35.9 Å². The van der Waals surface area contributed by atoms with E-state index >= 15 is 0 Å². The third-order valence-electron chi connectivity index (χ3n) is 5.03. The highest BCUT2D eigenvalue weighted by atomic mass is 32.1. The summed E-state index contributed by atoms with van der Waals surface area (Å²) in [6.07, 6.45) is 0.548. The maximum absolute atomic E-state index is 12.5. The van der Waals surface area contributed by atoms with E-state index in [0.717, 1.165) is 22.3 Å². The molecule has 1 atom stereocenters. The number of aromatic nitrogens is 1. The number of rotatable bonds is 7. The maximum Gasteiger partial charge on any atom is 0.407 e. The van der Waals surface area contributed by atoms with Crippen molar-refractivity contribution in [2.45, 2.75) is 18.4 Å². The molecule has 0 saturated heterocycles. The molecule has 1 unspecified atom stereocenters. The number of aliphatic carboxylic acids is 1. The molecule has 0 saturated carbocycles. The Morgan fingerprint density at radius 3 is 2.33 bits per heavy atom. The van der Waals surface area contributed by atoms with Crippen LogP contribution in [0.4, 0.5) is 4.79 Å². The van der Waals surface area contributed by atoms with E-state index in [9.17, 15) is 14.7 Å². The van der Waals surface area contributed by atoms with Gasteiger partial charge in [0, 0.05) is 12.1 Å². The smallest absolute Gasteiger partial charge is 0.407 e. The van der Waals surface area contributed by atoms with Crippen LogP contribution in [0.15, 0.2) is 54.7 Å². The molecule has 4 rings (SSSR count). The standard InChI is InChI=1S/C22H20N2O5S/c1-28-22-23-11-19(30-22)18(10-20(25)26)24-21(27)29-12-17-15-8-4-2-6-13(15)14-7-3-5-9-16(14)17/h2-9,11,17-18H,10,12H2,1H3,(H,24,27)(H,25,26). The van der Waals surface area contributed by atoms with Gasteiger partial charge in [0.1, 0.15) is 6.61 Å². The van der Waals surface area contributed by atoms with Crippen molar-refractivity contribution >= 4 is 23.4 Å². The van der Waals surface area contributed by atoms with Gasteiger partial charge in [0.05, 0.1) is 24.4 Å². The number of carbonyl (C=O) groups is 2. The number of carbonyl (C=O) groups excluding carboxylic acids is 1. The molecule has 30 heavy (non-hydrogen) atoms. The maximum atomic E-state index is 12.5. The zero-order valence-corrected chi connectivity index (χ0v) is 17.0. The third kappa shape index (κ3) is 3.99. The molecular weight excluding hydrogens is 404 g/mol. The molecule has 2 aromatic carbocycles. The quantitative estimate of drug-likeness (QED) is 0.590. The van der Waals surface area contributed by atoms with Crippen molar-refractivity contribution < 1.29 is 24.2 Å². The minimum Gasteiger partial charge on any atom is -0.481 e. The fourth-order valence-electron chi connectivity index (χ4n) is 3.71. The van der Waals surface area contributed by atoms with Gasteiger partial charge in [-0.3, -0.25) is 4.79 Å². The predicted octanol–water partition coefficient (Wildman–Crippen LogP) is 4.21. The number of carboxylic acids is 1. The van der Waals surface area contributed by atoms with Crippen molar-refractivity contribution in [3.8, 4) is 16.3 Å². The number of carboxylic acid groups (broad SMARTS) is 1. The summed E-state index contributed by atoms with van der Waals surface area (Å²) in [6.45, 7) is 0.158. The first kappa shape index (κ1) is 19.9. The van der Waals surface area contributed by atoms with Crippen LogP contribution in [0.5, 0.6) is 5.19 Å². The molecule has 154 valence electrons. The number of thiazole rings is 1. The number of methoxy groups -OCH3 is 1. The van der Waals surface area contributed by atoms with Gasteiger partial charge in [0.25, 0.3) is 5.19 Å². The molecule has 1 aromatic heterocycles. The van der Waals surface area contributed by atoms with Gasteiger partial charge in [0.15, 0.2) is 0 Å². The number of fused-ring (bicyclic) bond motifs is 3. The van der Waals surface area contributed by atoms with Gasteiger partial charge in [-0.15, -0.1) is 0 Å². The van der Waals surface area contributed by atoms with Gasteiger partial charge >= 0.3 is 12.1 Å². The van der Waals surface area contributed by atoms with Crippen LogP contribution in [0.25, 0.3) is 11.1 Å². The molecule has 2 N–H and O–H groups in total. The number of nitrogens with zero attached hydrogens (tertiary/aromatic N) is 1. The zero-order chi connectivity index (χ0) is 21.1. The Morgan fingerprint density at radius 1 is 1.13 bits per heavy atom. The summed E-state index contributed by atoms with van der Waals surface area (Å²) in [6, 6.07) is 15.4. The molecule has 8 heteroatoms. The first-order valence-electron chi connectivity index (χ1n) is 9.40. The van der Waals surface area contributed by atoms with Crippen LogP contribution in [0.2, 0.25) is 0 Å². The van der Waals surface area contributed by atoms with E-state index in [1.807, 2.05) is 36.4 Å². The molecule has 1 aliphatic carbocycles. The summed E-state index contributed by atoms with van der Waals surface area (Å²) in [5, 5.41) is 12.2. The van der Waals surface area contributed by atoms with Gasteiger partial charge in [-0.25, -0.2) is 9.78 Å². The van der Waals surface area contributed by atoms with E-state index in [2.05, 4.69) is 22.4 Å². The van der Waals surface area contributed by atoms with Gasteiger partial charge in [-0.1, -0.05) is 59.9 Å². The molecule has 7 nitrogen and oxygen atoms in total. The van der Waals surface area contributed by atoms with Crippen LogP contribution in [0.3, 0.4) is 0 Å². The van der Waals surface area contributed by atoms with Crippen LogP contribution >= 0.6 is 11.3 Å². The minimum atomic E-state index is -1.04. The second-order valence-corrected chi connectivity index (χ2v) is 7.88. The lowest BCUT2D eigenvalue weighted by atomic mass is 9.98. The molecular formula is C22H20N2O5S. The summed E-state index contributed by atoms with van der Waals surface area (Å²) in [5.41, 5.74) is 4.51. The van der Waals surface area contributed by atoms with Crippen molar-refractivity contribution in [3.63, 3.8) is 0 Å². The minimum absolute atomic E-state index is 0.0652. The summed E-state index contributed by atoms with van der Waals surface area (Å²) in [7, 11) is 1.48. The predicted molar refractivity (Wildman–Crippen MR) is 112 cm³/mol. The molecule has 0 aliphatic heterocycles. The van der Waals surface area contributed by atoms with E-state index in [1.54, 1.807) is 0 Å². The van der Waals surface area contributed by atoms with E-state index in [-0.39, 0.29) is 18.9 Å². The molecule has 0 bridgehead atoms. The average Bonchev–Trinajstić information content (AvgIpc) is 3.35. The van der Waals surface area contributed by atoms with Crippen molar-refractivity contribution in [2.24, 2.45) is 0 Å². The first-order chi connectivity index (χ1) is 14.6. The van der Waals surface area contributed by atoms with E-state index in [0.29, 0.717) is 10.1 Å². The third-order valence-corrected chi connectivity index (χ3v) is 6.11. The fourth-order valence-corrected chi connectivity index (χ4v) is 4.49. The topological polar surface area (TPSA) is 97.8 Å². The highest BCUT2D eigenvalue weighted by molar-refractivity contribution is 7.13. The highest BCUT2D eigenvalue weighted by Crippen LogP contribution is 2.44.